The van der Waals surface area contributed by atoms with Crippen molar-refractivity contribution in [3.63, 3.8) is 0 Å². The van der Waals surface area contributed by atoms with E-state index in [1.807, 2.05) is 55.1 Å². The van der Waals surface area contributed by atoms with Crippen LogP contribution in [0.3, 0.4) is 0 Å². The van der Waals surface area contributed by atoms with Gasteiger partial charge in [0.2, 0.25) is 11.8 Å². The lowest BCUT2D eigenvalue weighted by Gasteiger charge is -2.26. The minimum atomic E-state index is -0.284. The van der Waals surface area contributed by atoms with Crippen LogP contribution in [0.15, 0.2) is 47.4 Å². The fourth-order valence-electron chi connectivity index (χ4n) is 3.91. The number of carbonyl (C=O) groups excluding carboxylic acids is 2. The van der Waals surface area contributed by atoms with Crippen LogP contribution < -0.4 is 9.80 Å². The topological polar surface area (TPSA) is 40.6 Å². The van der Waals surface area contributed by atoms with E-state index in [1.165, 1.54) is 0 Å². The van der Waals surface area contributed by atoms with Gasteiger partial charge < -0.3 is 9.80 Å². The van der Waals surface area contributed by atoms with Gasteiger partial charge in [-0.1, -0.05) is 24.3 Å². The molecule has 4 rings (SSSR count). The highest BCUT2D eigenvalue weighted by Gasteiger charge is 2.38. The highest BCUT2D eigenvalue weighted by Crippen LogP contribution is 2.36. The van der Waals surface area contributed by atoms with Gasteiger partial charge in [-0.2, -0.15) is 0 Å². The van der Waals surface area contributed by atoms with Gasteiger partial charge >= 0.3 is 0 Å². The van der Waals surface area contributed by atoms with Crippen molar-refractivity contribution >= 4 is 35.0 Å². The normalized spacial score (nSPS) is 19.8. The zero-order valence-corrected chi connectivity index (χ0v) is 16.6. The number of thioether (sulfide) groups is 1. The molecular formula is C22H24N2O2S. The van der Waals surface area contributed by atoms with Crippen LogP contribution in [0.25, 0.3) is 0 Å². The maximum Gasteiger partial charge on any atom is 0.232 e. The van der Waals surface area contributed by atoms with E-state index in [4.69, 9.17) is 0 Å². The summed E-state index contributed by atoms with van der Waals surface area (Å²) in [6.45, 7) is 5.27. The number of aryl methyl sites for hydroxylation is 1. The molecule has 2 heterocycles. The number of hydrogen-bond acceptors (Lipinski definition) is 3. The molecule has 0 N–H and O–H groups in total. The molecule has 2 aliphatic heterocycles. The molecule has 2 amide bonds. The summed E-state index contributed by atoms with van der Waals surface area (Å²) in [5, 5.41) is 0. The smallest absolute Gasteiger partial charge is 0.232 e. The largest absolute Gasteiger partial charge is 0.311 e. The maximum atomic E-state index is 13.3. The summed E-state index contributed by atoms with van der Waals surface area (Å²) in [5.74, 6) is 0.845. The third kappa shape index (κ3) is 3.36. The molecule has 4 nitrogen and oxygen atoms in total. The number of nitrogens with zero attached hydrogens (tertiary/aromatic N) is 2. The molecule has 2 aromatic carbocycles. The number of anilines is 2. The van der Waals surface area contributed by atoms with E-state index in [-0.39, 0.29) is 24.2 Å². The Balaban J connectivity index is 1.59. The second kappa shape index (κ2) is 7.39. The van der Waals surface area contributed by atoms with Crippen LogP contribution in [0.5, 0.6) is 0 Å². The molecule has 2 aromatic rings. The van der Waals surface area contributed by atoms with Gasteiger partial charge in [-0.25, -0.2) is 0 Å². The average molecular weight is 381 g/mol. The van der Waals surface area contributed by atoms with Crippen molar-refractivity contribution in [1.29, 1.82) is 0 Å². The van der Waals surface area contributed by atoms with Gasteiger partial charge in [-0.15, -0.1) is 11.8 Å². The van der Waals surface area contributed by atoms with Crippen LogP contribution in [-0.4, -0.2) is 30.7 Å². The Labute approximate surface area is 164 Å². The highest BCUT2D eigenvalue weighted by atomic mass is 32.2. The Kier molecular flexibility index (Phi) is 4.96. The van der Waals surface area contributed by atoms with Crippen molar-refractivity contribution in [3.05, 3.63) is 53.6 Å². The van der Waals surface area contributed by atoms with Gasteiger partial charge in [-0.3, -0.25) is 9.59 Å². The molecule has 0 radical (unpaired) electrons. The van der Waals surface area contributed by atoms with Crippen molar-refractivity contribution in [3.8, 4) is 0 Å². The minimum absolute atomic E-state index is 0.0412. The quantitative estimate of drug-likeness (QED) is 0.785. The molecular weight excluding hydrogens is 356 g/mol. The first-order chi connectivity index (χ1) is 13.1. The van der Waals surface area contributed by atoms with Crippen LogP contribution in [0.4, 0.5) is 11.4 Å². The van der Waals surface area contributed by atoms with Gasteiger partial charge in [0.05, 0.1) is 11.6 Å². The lowest BCUT2D eigenvalue weighted by molar-refractivity contribution is -0.124. The Bertz CT molecular complexity index is 896. The van der Waals surface area contributed by atoms with Crippen LogP contribution in [-0.2, 0) is 9.59 Å². The monoisotopic (exact) mass is 380 g/mol. The van der Waals surface area contributed by atoms with Gasteiger partial charge in [0.1, 0.15) is 0 Å². The first kappa shape index (κ1) is 18.1. The number of fused-ring (bicyclic) bond motifs is 1. The molecule has 0 spiro atoms. The maximum absolute atomic E-state index is 13.3. The highest BCUT2D eigenvalue weighted by molar-refractivity contribution is 7.99. The number of rotatable bonds is 2. The fourth-order valence-corrected chi connectivity index (χ4v) is 4.90. The van der Waals surface area contributed by atoms with Crippen molar-refractivity contribution in [2.24, 2.45) is 5.92 Å². The molecule has 2 aliphatic rings. The zero-order valence-electron chi connectivity index (χ0n) is 15.8. The van der Waals surface area contributed by atoms with Crippen LogP contribution in [0, 0.1) is 19.8 Å². The molecule has 0 unspecified atom stereocenters. The third-order valence-corrected chi connectivity index (χ3v) is 6.70. The Morgan fingerprint density at radius 1 is 1.07 bits per heavy atom. The molecule has 140 valence electrons. The molecule has 0 aliphatic carbocycles. The predicted octanol–water partition coefficient (Wildman–Crippen LogP) is 4.19. The Morgan fingerprint density at radius 3 is 2.70 bits per heavy atom. The summed E-state index contributed by atoms with van der Waals surface area (Å²) in [7, 11) is 0. The number of amides is 2. The second-order valence-corrected chi connectivity index (χ2v) is 8.42. The summed E-state index contributed by atoms with van der Waals surface area (Å²) in [5.41, 5.74) is 4.19. The van der Waals surface area contributed by atoms with E-state index in [1.54, 1.807) is 16.7 Å². The summed E-state index contributed by atoms with van der Waals surface area (Å²) in [4.78, 5) is 30.9. The molecule has 1 saturated heterocycles. The van der Waals surface area contributed by atoms with E-state index in [0.717, 1.165) is 46.1 Å². The van der Waals surface area contributed by atoms with Crippen molar-refractivity contribution in [2.45, 2.75) is 31.6 Å². The number of hydrogen-bond donors (Lipinski definition) is 0. The molecule has 1 fully saturated rings. The lowest BCUT2D eigenvalue weighted by Crippen LogP contribution is -2.38. The summed E-state index contributed by atoms with van der Waals surface area (Å²) in [6, 6.07) is 14.1. The van der Waals surface area contributed by atoms with Gasteiger partial charge in [0, 0.05) is 30.1 Å². The van der Waals surface area contributed by atoms with E-state index in [9.17, 15) is 9.59 Å². The third-order valence-electron chi connectivity index (χ3n) is 5.55. The molecule has 27 heavy (non-hydrogen) atoms. The molecule has 0 aromatic heterocycles. The predicted molar refractivity (Wildman–Crippen MR) is 111 cm³/mol. The SMILES string of the molecule is Cc1cccc(N2C[C@H](C(=O)N3CCCSc4ccccc43)CC2=O)c1C. The van der Waals surface area contributed by atoms with Crippen LogP contribution in [0.2, 0.25) is 0 Å². The summed E-state index contributed by atoms with van der Waals surface area (Å²) >= 11 is 1.80. The van der Waals surface area contributed by atoms with Gasteiger partial charge in [0.25, 0.3) is 0 Å². The minimum Gasteiger partial charge on any atom is -0.311 e. The molecule has 0 bridgehead atoms. The number of para-hydroxylation sites is 1. The molecule has 0 saturated carbocycles. The molecule has 1 atom stereocenters. The standard InChI is InChI=1S/C22H24N2O2S/c1-15-7-5-9-18(16(15)2)24-14-17(13-21(24)25)22(26)23-11-6-12-27-20-10-4-3-8-19(20)23/h3-5,7-10,17H,6,11-14H2,1-2H3/t17-/m1/s1. The molecule has 5 heteroatoms. The van der Waals surface area contributed by atoms with Gasteiger partial charge in [0.15, 0.2) is 0 Å². The van der Waals surface area contributed by atoms with E-state index >= 15 is 0 Å². The fraction of sp³-hybridized carbons (Fsp3) is 0.364. The van der Waals surface area contributed by atoms with Gasteiger partial charge in [-0.05, 0) is 55.3 Å². The summed E-state index contributed by atoms with van der Waals surface area (Å²) < 4.78 is 0. The Hall–Kier alpha value is -2.27. The Morgan fingerprint density at radius 2 is 1.85 bits per heavy atom. The van der Waals surface area contributed by atoms with Crippen LogP contribution >= 0.6 is 11.8 Å². The lowest BCUT2D eigenvalue weighted by atomic mass is 10.1. The van der Waals surface area contributed by atoms with Crippen molar-refractivity contribution < 1.29 is 9.59 Å². The van der Waals surface area contributed by atoms with Crippen LogP contribution in [0.1, 0.15) is 24.0 Å². The second-order valence-electron chi connectivity index (χ2n) is 7.28. The average Bonchev–Trinajstić information content (AvgIpc) is 2.92. The van der Waals surface area contributed by atoms with Crippen molar-refractivity contribution in [2.75, 3.05) is 28.6 Å². The van der Waals surface area contributed by atoms with Crippen molar-refractivity contribution in [1.82, 2.24) is 0 Å². The van der Waals surface area contributed by atoms with E-state index in [0.29, 0.717) is 6.54 Å². The number of benzene rings is 2. The number of carbonyl (C=O) groups is 2. The first-order valence-corrected chi connectivity index (χ1v) is 10.4. The summed E-state index contributed by atoms with van der Waals surface area (Å²) in [6.07, 6.45) is 1.25. The first-order valence-electron chi connectivity index (χ1n) is 9.46. The van der Waals surface area contributed by atoms with E-state index in [2.05, 4.69) is 6.07 Å². The van der Waals surface area contributed by atoms with E-state index < -0.39 is 0 Å². The zero-order chi connectivity index (χ0) is 19.0.